The molecule has 1 nitrogen and oxygen atoms in total. The fourth-order valence-electron chi connectivity index (χ4n) is 1.45. The Kier molecular flexibility index (Phi) is 1.93. The van der Waals surface area contributed by atoms with Crippen LogP contribution in [-0.4, -0.2) is 7.48 Å². The Hall–Kier alpha value is -0.755. The predicted octanol–water partition coefficient (Wildman–Crippen LogP) is 1.58. The van der Waals surface area contributed by atoms with Gasteiger partial charge in [-0.1, -0.05) is 32.0 Å². The molecule has 12 heavy (non-hydrogen) atoms. The van der Waals surface area contributed by atoms with Gasteiger partial charge in [-0.25, -0.2) is 0 Å². The summed E-state index contributed by atoms with van der Waals surface area (Å²) in [7, 11) is 1.83. The Bertz CT molecular complexity index is 294. The zero-order chi connectivity index (χ0) is 8.55. The number of benzene rings is 1. The summed E-state index contributed by atoms with van der Waals surface area (Å²) in [6.45, 7) is 5.17. The molecule has 0 aliphatic carbocycles. The number of rotatable bonds is 1. The van der Waals surface area contributed by atoms with Crippen LogP contribution >= 0.6 is 0 Å². The molecule has 1 aliphatic rings. The first kappa shape index (κ1) is 7.87. The Morgan fingerprint density at radius 1 is 1.42 bits per heavy atom. The summed E-state index contributed by atoms with van der Waals surface area (Å²) in [4.78, 5) is 0. The third-order valence-corrected chi connectivity index (χ3v) is 2.28. The SMILES string of the molecule is CC(C)c1ccc2c(c1)CO[B]2. The minimum absolute atomic E-state index is 0.607. The second-order valence-electron chi connectivity index (χ2n) is 3.54. The van der Waals surface area contributed by atoms with Crippen LogP contribution in [0.5, 0.6) is 0 Å². The molecule has 1 heterocycles. The van der Waals surface area contributed by atoms with E-state index in [9.17, 15) is 0 Å². The molecule has 1 aromatic carbocycles. The van der Waals surface area contributed by atoms with Gasteiger partial charge in [0.1, 0.15) is 0 Å². The van der Waals surface area contributed by atoms with Gasteiger partial charge in [-0.2, -0.15) is 0 Å². The second-order valence-corrected chi connectivity index (χ2v) is 3.54. The van der Waals surface area contributed by atoms with Gasteiger partial charge in [0.25, 0.3) is 0 Å². The predicted molar refractivity (Wildman–Crippen MR) is 50.7 cm³/mol. The lowest BCUT2D eigenvalue weighted by molar-refractivity contribution is 0.345. The highest BCUT2D eigenvalue weighted by molar-refractivity contribution is 6.48. The molecular formula is C10H12BO. The third-order valence-electron chi connectivity index (χ3n) is 2.28. The maximum atomic E-state index is 5.22. The van der Waals surface area contributed by atoms with Crippen LogP contribution in [0.1, 0.15) is 30.9 Å². The van der Waals surface area contributed by atoms with Crippen LogP contribution in [0.2, 0.25) is 0 Å². The van der Waals surface area contributed by atoms with Crippen molar-refractivity contribution in [3.63, 3.8) is 0 Å². The molecule has 0 unspecified atom stereocenters. The molecule has 0 fully saturated rings. The van der Waals surface area contributed by atoms with E-state index in [1.807, 2.05) is 7.48 Å². The van der Waals surface area contributed by atoms with Gasteiger partial charge in [0.15, 0.2) is 0 Å². The van der Waals surface area contributed by atoms with Crippen molar-refractivity contribution in [2.45, 2.75) is 26.4 Å². The monoisotopic (exact) mass is 159 g/mol. The summed E-state index contributed by atoms with van der Waals surface area (Å²) >= 11 is 0. The van der Waals surface area contributed by atoms with Gasteiger partial charge in [0.05, 0.1) is 6.61 Å². The quantitative estimate of drug-likeness (QED) is 0.565. The van der Waals surface area contributed by atoms with E-state index >= 15 is 0 Å². The molecular weight excluding hydrogens is 147 g/mol. The topological polar surface area (TPSA) is 9.23 Å². The Morgan fingerprint density at radius 2 is 2.25 bits per heavy atom. The maximum absolute atomic E-state index is 5.22. The molecule has 1 aromatic rings. The summed E-state index contributed by atoms with van der Waals surface area (Å²) < 4.78 is 5.22. The molecule has 1 radical (unpaired) electrons. The minimum Gasteiger partial charge on any atom is -0.430 e. The molecule has 0 saturated carbocycles. The smallest absolute Gasteiger partial charge is 0.330 e. The lowest BCUT2D eigenvalue weighted by atomic mass is 9.85. The summed E-state index contributed by atoms with van der Waals surface area (Å²) in [5, 5.41) is 0. The molecule has 0 aromatic heterocycles. The number of hydrogen-bond acceptors (Lipinski definition) is 1. The largest absolute Gasteiger partial charge is 0.430 e. The van der Waals surface area contributed by atoms with Crippen LogP contribution in [0.25, 0.3) is 0 Å². The van der Waals surface area contributed by atoms with Crippen LogP contribution in [-0.2, 0) is 11.3 Å². The molecule has 2 heteroatoms. The van der Waals surface area contributed by atoms with Crippen molar-refractivity contribution < 1.29 is 4.65 Å². The maximum Gasteiger partial charge on any atom is 0.330 e. The highest BCUT2D eigenvalue weighted by Crippen LogP contribution is 2.16. The highest BCUT2D eigenvalue weighted by Gasteiger charge is 2.13. The van der Waals surface area contributed by atoms with Crippen molar-refractivity contribution >= 4 is 12.9 Å². The van der Waals surface area contributed by atoms with Gasteiger partial charge in [0, 0.05) is 0 Å². The van der Waals surface area contributed by atoms with Crippen molar-refractivity contribution in [1.29, 1.82) is 0 Å². The molecule has 0 amide bonds. The molecule has 1 aliphatic heterocycles. The summed E-state index contributed by atoms with van der Waals surface area (Å²) in [5.41, 5.74) is 3.95. The van der Waals surface area contributed by atoms with Gasteiger partial charge in [0.2, 0.25) is 0 Å². The Morgan fingerprint density at radius 3 is 3.00 bits per heavy atom. The molecule has 0 spiro atoms. The zero-order valence-electron chi connectivity index (χ0n) is 7.50. The van der Waals surface area contributed by atoms with E-state index in [0.29, 0.717) is 5.92 Å². The average Bonchev–Trinajstić information content (AvgIpc) is 2.49. The molecule has 61 valence electrons. The molecule has 0 N–H and O–H groups in total. The van der Waals surface area contributed by atoms with Crippen molar-refractivity contribution in [3.8, 4) is 0 Å². The molecule has 0 atom stereocenters. The fourth-order valence-corrected chi connectivity index (χ4v) is 1.45. The van der Waals surface area contributed by atoms with Crippen LogP contribution in [0.4, 0.5) is 0 Å². The van der Waals surface area contributed by atoms with Crippen molar-refractivity contribution in [2.75, 3.05) is 0 Å². The first-order chi connectivity index (χ1) is 5.77. The number of fused-ring (bicyclic) bond motifs is 1. The molecule has 2 rings (SSSR count). The first-order valence-corrected chi connectivity index (χ1v) is 4.35. The van der Waals surface area contributed by atoms with Gasteiger partial charge < -0.3 is 4.65 Å². The fraction of sp³-hybridized carbons (Fsp3) is 0.400. The van der Waals surface area contributed by atoms with Crippen molar-refractivity contribution in [3.05, 3.63) is 29.3 Å². The standard InChI is InChI=1S/C10H12BO/c1-7(2)8-3-4-10-9(5-8)6-12-11-10/h3-5,7H,6H2,1-2H3. The average molecular weight is 159 g/mol. The van der Waals surface area contributed by atoms with Crippen molar-refractivity contribution in [2.24, 2.45) is 0 Å². The number of hydrogen-bond donors (Lipinski definition) is 0. The Balaban J connectivity index is 2.39. The second kappa shape index (κ2) is 2.94. The van der Waals surface area contributed by atoms with Gasteiger partial charge in [-0.15, -0.1) is 0 Å². The van der Waals surface area contributed by atoms with Gasteiger partial charge in [-0.05, 0) is 22.5 Å². The lowest BCUT2D eigenvalue weighted by Crippen LogP contribution is -2.11. The normalized spacial score (nSPS) is 14.6. The molecule has 0 bridgehead atoms. The van der Waals surface area contributed by atoms with E-state index < -0.39 is 0 Å². The van der Waals surface area contributed by atoms with Gasteiger partial charge in [-0.3, -0.25) is 0 Å². The van der Waals surface area contributed by atoms with Crippen LogP contribution in [0, 0.1) is 0 Å². The summed E-state index contributed by atoms with van der Waals surface area (Å²) in [6, 6.07) is 6.55. The summed E-state index contributed by atoms with van der Waals surface area (Å²) in [6.07, 6.45) is 0. The van der Waals surface area contributed by atoms with E-state index in [0.717, 1.165) is 6.61 Å². The Labute approximate surface area is 74.0 Å². The van der Waals surface area contributed by atoms with Crippen LogP contribution < -0.4 is 5.46 Å². The van der Waals surface area contributed by atoms with E-state index in [-0.39, 0.29) is 0 Å². The lowest BCUT2D eigenvalue weighted by Gasteiger charge is -2.06. The van der Waals surface area contributed by atoms with E-state index in [1.165, 1.54) is 16.6 Å². The first-order valence-electron chi connectivity index (χ1n) is 4.35. The zero-order valence-corrected chi connectivity index (χ0v) is 7.50. The molecule has 0 saturated heterocycles. The van der Waals surface area contributed by atoms with Crippen LogP contribution in [0.3, 0.4) is 0 Å². The minimum atomic E-state index is 0.607. The van der Waals surface area contributed by atoms with Crippen LogP contribution in [0.15, 0.2) is 18.2 Å². The van der Waals surface area contributed by atoms with Gasteiger partial charge >= 0.3 is 7.48 Å². The third kappa shape index (κ3) is 1.27. The van der Waals surface area contributed by atoms with E-state index in [4.69, 9.17) is 4.65 Å². The van der Waals surface area contributed by atoms with E-state index in [1.54, 1.807) is 0 Å². The van der Waals surface area contributed by atoms with Crippen molar-refractivity contribution in [1.82, 2.24) is 0 Å². The highest BCUT2D eigenvalue weighted by atomic mass is 16.4. The van der Waals surface area contributed by atoms with E-state index in [2.05, 4.69) is 32.0 Å². The summed E-state index contributed by atoms with van der Waals surface area (Å²) in [5.74, 6) is 0.607.